The van der Waals surface area contributed by atoms with Gasteiger partial charge in [0, 0.05) is 24.2 Å². The molecule has 0 amide bonds. The molecule has 0 aromatic heterocycles. The Hall–Kier alpha value is -1.64. The highest BCUT2D eigenvalue weighted by Gasteiger charge is 2.38. The summed E-state index contributed by atoms with van der Waals surface area (Å²) >= 11 is 0. The molecule has 2 aromatic rings. The van der Waals surface area contributed by atoms with Gasteiger partial charge in [-0.1, -0.05) is 66.1 Å². The molecule has 3 rings (SSSR count). The molecule has 0 bridgehead atoms. The fraction of sp³-hybridized carbons (Fsp3) is 0.400. The Kier molecular flexibility index (Phi) is 4.32. The molecule has 116 valence electrons. The van der Waals surface area contributed by atoms with Gasteiger partial charge in [0.1, 0.15) is 0 Å². The van der Waals surface area contributed by atoms with E-state index in [0.717, 1.165) is 37.1 Å². The molecular weight excluding hydrogens is 270 g/mol. The van der Waals surface area contributed by atoms with Crippen molar-refractivity contribution in [1.82, 2.24) is 4.90 Å². The topological polar surface area (TPSA) is 23.5 Å². The molecule has 1 heterocycles. The molecule has 0 saturated carbocycles. The largest absolute Gasteiger partial charge is 0.367 e. The van der Waals surface area contributed by atoms with Crippen LogP contribution in [0.4, 0.5) is 0 Å². The minimum atomic E-state index is -1.03. The molecule has 2 heteroatoms. The average molecular weight is 295 g/mol. The summed E-state index contributed by atoms with van der Waals surface area (Å²) in [5.41, 5.74) is 3.33. The zero-order valence-electron chi connectivity index (χ0n) is 13.5. The van der Waals surface area contributed by atoms with Crippen LogP contribution >= 0.6 is 0 Å². The molecule has 1 aliphatic rings. The molecule has 0 unspecified atom stereocenters. The summed E-state index contributed by atoms with van der Waals surface area (Å²) < 4.78 is 0. The lowest BCUT2D eigenvalue weighted by molar-refractivity contribution is -0.0894. The normalized spacial score (nSPS) is 16.7. The van der Waals surface area contributed by atoms with E-state index in [2.05, 4.69) is 67.3 Å². The van der Waals surface area contributed by atoms with Crippen LogP contribution in [-0.4, -0.2) is 23.1 Å². The van der Waals surface area contributed by atoms with Gasteiger partial charge in [0.05, 0.1) is 0 Å². The second-order valence-electron chi connectivity index (χ2n) is 6.45. The summed E-state index contributed by atoms with van der Waals surface area (Å²) in [5.74, 6) is 0. The molecule has 1 aliphatic heterocycles. The average Bonchev–Trinajstić information content (AvgIpc) is 2.56. The maximum Gasteiger partial charge on any atom is 0.171 e. The number of hydrogen-bond donors (Lipinski definition) is 1. The van der Waals surface area contributed by atoms with Crippen molar-refractivity contribution >= 4 is 0 Å². The van der Waals surface area contributed by atoms with Crippen LogP contribution in [0.1, 0.15) is 41.5 Å². The second-order valence-corrected chi connectivity index (χ2v) is 6.45. The Morgan fingerprint density at radius 3 is 1.55 bits per heavy atom. The van der Waals surface area contributed by atoms with Crippen molar-refractivity contribution in [3.63, 3.8) is 0 Å². The quantitative estimate of drug-likeness (QED) is 0.925. The van der Waals surface area contributed by atoms with Gasteiger partial charge in [0.25, 0.3) is 0 Å². The highest BCUT2D eigenvalue weighted by atomic mass is 16.3. The Morgan fingerprint density at radius 1 is 0.727 bits per heavy atom. The summed E-state index contributed by atoms with van der Waals surface area (Å²) in [7, 11) is 0. The molecule has 0 atom stereocenters. The van der Waals surface area contributed by atoms with Crippen LogP contribution in [0, 0.1) is 13.8 Å². The number of rotatable bonds is 3. The van der Waals surface area contributed by atoms with Gasteiger partial charge < -0.3 is 5.11 Å². The van der Waals surface area contributed by atoms with Crippen LogP contribution < -0.4 is 0 Å². The maximum absolute atomic E-state index is 11.7. The monoisotopic (exact) mass is 295 g/mol. The first-order chi connectivity index (χ1) is 10.6. The van der Waals surface area contributed by atoms with Crippen LogP contribution in [-0.2, 0) is 5.72 Å². The zero-order valence-corrected chi connectivity index (χ0v) is 13.5. The van der Waals surface area contributed by atoms with E-state index in [1.807, 2.05) is 0 Å². The van der Waals surface area contributed by atoms with Gasteiger partial charge in [-0.05, 0) is 26.7 Å². The fourth-order valence-corrected chi connectivity index (χ4v) is 3.32. The lowest BCUT2D eigenvalue weighted by Gasteiger charge is -2.42. The fourth-order valence-electron chi connectivity index (χ4n) is 3.32. The van der Waals surface area contributed by atoms with Crippen molar-refractivity contribution in [3.8, 4) is 0 Å². The first kappa shape index (κ1) is 15.3. The first-order valence-corrected chi connectivity index (χ1v) is 8.22. The van der Waals surface area contributed by atoms with Crippen molar-refractivity contribution < 1.29 is 5.11 Å². The van der Waals surface area contributed by atoms with E-state index in [1.54, 1.807) is 0 Å². The van der Waals surface area contributed by atoms with Crippen molar-refractivity contribution in [1.29, 1.82) is 0 Å². The van der Waals surface area contributed by atoms with Crippen LogP contribution in [0.15, 0.2) is 48.5 Å². The molecule has 1 saturated heterocycles. The number of piperidine rings is 1. The maximum atomic E-state index is 11.7. The summed E-state index contributed by atoms with van der Waals surface area (Å²) in [5, 5.41) is 11.7. The number of nitrogens with zero attached hydrogens (tertiary/aromatic N) is 1. The Bertz CT molecular complexity index is 564. The highest BCUT2D eigenvalue weighted by Crippen LogP contribution is 2.35. The molecule has 1 N–H and O–H groups in total. The third kappa shape index (κ3) is 2.81. The highest BCUT2D eigenvalue weighted by molar-refractivity contribution is 5.37. The molecule has 0 radical (unpaired) electrons. The van der Waals surface area contributed by atoms with Gasteiger partial charge >= 0.3 is 0 Å². The van der Waals surface area contributed by atoms with E-state index in [-0.39, 0.29) is 0 Å². The van der Waals surface area contributed by atoms with Gasteiger partial charge in [-0.2, -0.15) is 0 Å². The molecule has 2 aromatic carbocycles. The van der Waals surface area contributed by atoms with Gasteiger partial charge in [-0.3, -0.25) is 4.90 Å². The zero-order chi connectivity index (χ0) is 15.6. The number of likely N-dealkylation sites (tertiary alicyclic amines) is 1. The molecule has 0 spiro atoms. The van der Waals surface area contributed by atoms with Gasteiger partial charge in [-0.15, -0.1) is 0 Å². The van der Waals surface area contributed by atoms with Crippen molar-refractivity contribution in [2.24, 2.45) is 0 Å². The summed E-state index contributed by atoms with van der Waals surface area (Å²) in [6, 6.07) is 16.6. The molecule has 22 heavy (non-hydrogen) atoms. The molecule has 1 fully saturated rings. The third-order valence-electron chi connectivity index (χ3n) is 4.72. The smallest absolute Gasteiger partial charge is 0.171 e. The lowest BCUT2D eigenvalue weighted by atomic mass is 9.90. The molecule has 2 nitrogen and oxygen atoms in total. The molecular formula is C20H25NO. The van der Waals surface area contributed by atoms with Gasteiger partial charge in [-0.25, -0.2) is 0 Å². The number of benzene rings is 2. The van der Waals surface area contributed by atoms with Crippen molar-refractivity contribution in [2.45, 2.75) is 38.8 Å². The van der Waals surface area contributed by atoms with E-state index in [0.29, 0.717) is 0 Å². The van der Waals surface area contributed by atoms with E-state index >= 15 is 0 Å². The van der Waals surface area contributed by atoms with E-state index in [4.69, 9.17) is 0 Å². The third-order valence-corrected chi connectivity index (χ3v) is 4.72. The van der Waals surface area contributed by atoms with Crippen LogP contribution in [0.2, 0.25) is 0 Å². The van der Waals surface area contributed by atoms with Crippen LogP contribution in [0.3, 0.4) is 0 Å². The number of aliphatic hydroxyl groups is 1. The summed E-state index contributed by atoms with van der Waals surface area (Å²) in [6.07, 6.45) is 3.56. The Morgan fingerprint density at radius 2 is 1.14 bits per heavy atom. The predicted octanol–water partition coefficient (Wildman–Crippen LogP) is 3.98. The first-order valence-electron chi connectivity index (χ1n) is 8.22. The van der Waals surface area contributed by atoms with E-state index < -0.39 is 5.72 Å². The Labute approximate surface area is 133 Å². The minimum absolute atomic E-state index is 0.943. The Balaban J connectivity index is 2.08. The standard InChI is InChI=1S/C20H25NO/c1-16-6-10-18(11-7-16)20(22,21-14-4-3-5-15-21)19-12-8-17(2)9-13-19/h6-13,22H,3-5,14-15H2,1-2H3. The van der Waals surface area contributed by atoms with Gasteiger partial charge in [0.15, 0.2) is 5.72 Å². The van der Waals surface area contributed by atoms with Crippen molar-refractivity contribution in [3.05, 3.63) is 70.8 Å². The molecule has 0 aliphatic carbocycles. The lowest BCUT2D eigenvalue weighted by Crippen LogP contribution is -2.49. The van der Waals surface area contributed by atoms with E-state index in [9.17, 15) is 5.11 Å². The number of hydrogen-bond acceptors (Lipinski definition) is 2. The van der Waals surface area contributed by atoms with Gasteiger partial charge in [0.2, 0.25) is 0 Å². The van der Waals surface area contributed by atoms with Crippen LogP contribution in [0.25, 0.3) is 0 Å². The second kappa shape index (κ2) is 6.23. The summed E-state index contributed by atoms with van der Waals surface area (Å²) in [6.45, 7) is 6.04. The van der Waals surface area contributed by atoms with Crippen molar-refractivity contribution in [2.75, 3.05) is 13.1 Å². The van der Waals surface area contributed by atoms with E-state index in [1.165, 1.54) is 17.5 Å². The SMILES string of the molecule is Cc1ccc(C(O)(c2ccc(C)cc2)N2CCCCC2)cc1. The van der Waals surface area contributed by atoms with Crippen LogP contribution in [0.5, 0.6) is 0 Å². The minimum Gasteiger partial charge on any atom is -0.367 e. The summed E-state index contributed by atoms with van der Waals surface area (Å²) in [4.78, 5) is 2.23. The predicted molar refractivity (Wildman–Crippen MR) is 90.8 cm³/mol. The number of aryl methyl sites for hydroxylation is 2.